The average molecular weight is 223 g/mol. The molecule has 0 fully saturated rings. The number of nitrogens with one attached hydrogen (secondary N) is 1. The van der Waals surface area contributed by atoms with Crippen LogP contribution in [-0.4, -0.2) is 23.9 Å². The third-order valence-electron chi connectivity index (χ3n) is 1.87. The zero-order valence-corrected chi connectivity index (χ0v) is 9.11. The maximum absolute atomic E-state index is 11.2. The van der Waals surface area contributed by atoms with E-state index < -0.39 is 5.91 Å². The van der Waals surface area contributed by atoms with E-state index in [9.17, 15) is 14.7 Å². The molecule has 16 heavy (non-hydrogen) atoms. The largest absolute Gasteiger partial charge is 0.504 e. The Hall–Kier alpha value is -2.04. The summed E-state index contributed by atoms with van der Waals surface area (Å²) >= 11 is 0. The third kappa shape index (κ3) is 3.27. The van der Waals surface area contributed by atoms with Crippen LogP contribution in [0.3, 0.4) is 0 Å². The lowest BCUT2D eigenvalue weighted by Gasteiger charge is -2.07. The van der Waals surface area contributed by atoms with Crippen LogP contribution in [-0.2, 0) is 9.59 Å². The van der Waals surface area contributed by atoms with E-state index in [0.29, 0.717) is 11.4 Å². The highest BCUT2D eigenvalue weighted by atomic mass is 16.5. The highest BCUT2D eigenvalue weighted by molar-refractivity contribution is 6.03. The van der Waals surface area contributed by atoms with Gasteiger partial charge in [0.05, 0.1) is 13.5 Å². The molecular formula is C11H13NO4. The molecule has 0 aliphatic heterocycles. The fourth-order valence-electron chi connectivity index (χ4n) is 1.20. The van der Waals surface area contributed by atoms with Gasteiger partial charge in [-0.2, -0.15) is 0 Å². The van der Waals surface area contributed by atoms with Crippen LogP contribution < -0.4 is 10.1 Å². The normalized spacial score (nSPS) is 9.62. The lowest BCUT2D eigenvalue weighted by molar-refractivity contribution is -0.124. The topological polar surface area (TPSA) is 75.6 Å². The smallest absolute Gasteiger partial charge is 0.231 e. The van der Waals surface area contributed by atoms with Gasteiger partial charge in [-0.1, -0.05) is 0 Å². The lowest BCUT2D eigenvalue weighted by atomic mass is 10.2. The Balaban J connectivity index is 2.71. The number of hydrogen-bond acceptors (Lipinski definition) is 4. The average Bonchev–Trinajstić information content (AvgIpc) is 2.16. The monoisotopic (exact) mass is 223 g/mol. The minimum atomic E-state index is -0.405. The summed E-state index contributed by atoms with van der Waals surface area (Å²) in [5.74, 6) is -0.361. The number of carbonyl (C=O) groups is 2. The summed E-state index contributed by atoms with van der Waals surface area (Å²) in [6.07, 6.45) is -0.174. The van der Waals surface area contributed by atoms with E-state index in [1.165, 1.54) is 26.2 Å². The number of phenolic OH excluding ortho intramolecular Hbond substituents is 1. The van der Waals surface area contributed by atoms with Gasteiger partial charge in [0, 0.05) is 11.8 Å². The van der Waals surface area contributed by atoms with E-state index in [-0.39, 0.29) is 18.0 Å². The van der Waals surface area contributed by atoms with Crippen LogP contribution >= 0.6 is 0 Å². The first-order valence-electron chi connectivity index (χ1n) is 4.69. The fraction of sp³-hybridized carbons (Fsp3) is 0.273. The minimum Gasteiger partial charge on any atom is -0.504 e. The molecule has 86 valence electrons. The van der Waals surface area contributed by atoms with Crippen molar-refractivity contribution in [1.82, 2.24) is 0 Å². The lowest BCUT2D eigenvalue weighted by Crippen LogP contribution is -2.14. The predicted molar refractivity (Wildman–Crippen MR) is 58.6 cm³/mol. The number of Topliss-reactive ketones (excluding diaryl/α,β-unsaturated/α-hetero) is 1. The molecule has 0 heterocycles. The number of ether oxygens (including phenoxy) is 1. The summed E-state index contributed by atoms with van der Waals surface area (Å²) < 4.78 is 4.85. The van der Waals surface area contributed by atoms with Crippen molar-refractivity contribution < 1.29 is 19.4 Å². The number of phenols is 1. The molecule has 0 unspecified atom stereocenters. The number of hydrogen-bond donors (Lipinski definition) is 2. The Morgan fingerprint density at radius 2 is 2.12 bits per heavy atom. The summed E-state index contributed by atoms with van der Waals surface area (Å²) in [6, 6.07) is 4.46. The number of rotatable bonds is 4. The standard InChI is InChI=1S/C11H13NO4/c1-7(13)5-11(15)12-8-3-4-10(16-2)9(14)6-8/h3-4,6,14H,5H2,1-2H3,(H,12,15). The van der Waals surface area contributed by atoms with Crippen molar-refractivity contribution >= 4 is 17.4 Å². The first-order valence-corrected chi connectivity index (χ1v) is 4.69. The van der Waals surface area contributed by atoms with Gasteiger partial charge in [0.25, 0.3) is 0 Å². The van der Waals surface area contributed by atoms with Crippen molar-refractivity contribution in [3.63, 3.8) is 0 Å². The molecule has 0 saturated carbocycles. The van der Waals surface area contributed by atoms with Crippen LogP contribution in [0.25, 0.3) is 0 Å². The second-order valence-electron chi connectivity index (χ2n) is 3.31. The zero-order chi connectivity index (χ0) is 12.1. The summed E-state index contributed by atoms with van der Waals surface area (Å²) in [7, 11) is 1.43. The van der Waals surface area contributed by atoms with Crippen molar-refractivity contribution in [3.05, 3.63) is 18.2 Å². The molecule has 1 aromatic rings. The molecule has 1 aromatic carbocycles. The molecule has 2 N–H and O–H groups in total. The van der Waals surface area contributed by atoms with Gasteiger partial charge in [0.2, 0.25) is 5.91 Å². The molecular weight excluding hydrogens is 210 g/mol. The molecule has 1 rings (SSSR count). The Bertz CT molecular complexity index is 414. The fourth-order valence-corrected chi connectivity index (χ4v) is 1.20. The number of aromatic hydroxyl groups is 1. The van der Waals surface area contributed by atoms with Gasteiger partial charge in [-0.05, 0) is 19.1 Å². The minimum absolute atomic E-state index is 0.0666. The van der Waals surface area contributed by atoms with Crippen molar-refractivity contribution in [2.75, 3.05) is 12.4 Å². The molecule has 1 amide bonds. The number of methoxy groups -OCH3 is 1. The number of benzene rings is 1. The number of amides is 1. The van der Waals surface area contributed by atoms with E-state index in [1.807, 2.05) is 0 Å². The van der Waals surface area contributed by atoms with Gasteiger partial charge in [-0.15, -0.1) is 0 Å². The van der Waals surface area contributed by atoms with Gasteiger partial charge in [0.15, 0.2) is 11.5 Å². The highest BCUT2D eigenvalue weighted by Gasteiger charge is 2.07. The summed E-state index contributed by atoms with van der Waals surface area (Å²) in [5.41, 5.74) is 0.421. The van der Waals surface area contributed by atoms with Crippen LogP contribution in [0.1, 0.15) is 13.3 Å². The van der Waals surface area contributed by atoms with Crippen molar-refractivity contribution in [3.8, 4) is 11.5 Å². The van der Waals surface area contributed by atoms with E-state index in [4.69, 9.17) is 4.74 Å². The first kappa shape index (κ1) is 12.0. The number of anilines is 1. The van der Waals surface area contributed by atoms with E-state index in [0.717, 1.165) is 0 Å². The van der Waals surface area contributed by atoms with Gasteiger partial charge < -0.3 is 15.2 Å². The van der Waals surface area contributed by atoms with Crippen molar-refractivity contribution in [2.24, 2.45) is 0 Å². The molecule has 5 nitrogen and oxygen atoms in total. The molecule has 0 atom stereocenters. The van der Waals surface area contributed by atoms with E-state index in [2.05, 4.69) is 5.32 Å². The molecule has 0 radical (unpaired) electrons. The van der Waals surface area contributed by atoms with Crippen LogP contribution in [0.2, 0.25) is 0 Å². The zero-order valence-electron chi connectivity index (χ0n) is 9.11. The third-order valence-corrected chi connectivity index (χ3v) is 1.87. The highest BCUT2D eigenvalue weighted by Crippen LogP contribution is 2.28. The van der Waals surface area contributed by atoms with Crippen molar-refractivity contribution in [2.45, 2.75) is 13.3 Å². The van der Waals surface area contributed by atoms with Gasteiger partial charge >= 0.3 is 0 Å². The second kappa shape index (κ2) is 5.16. The Morgan fingerprint density at radius 3 is 2.62 bits per heavy atom. The molecule has 0 aromatic heterocycles. The van der Waals surface area contributed by atoms with Crippen LogP contribution in [0.15, 0.2) is 18.2 Å². The van der Waals surface area contributed by atoms with E-state index >= 15 is 0 Å². The maximum Gasteiger partial charge on any atom is 0.231 e. The summed E-state index contributed by atoms with van der Waals surface area (Å²) in [6.45, 7) is 1.34. The molecule has 0 aliphatic carbocycles. The van der Waals surface area contributed by atoms with Crippen LogP contribution in [0.5, 0.6) is 11.5 Å². The Labute approximate surface area is 93.0 Å². The number of ketones is 1. The quantitative estimate of drug-likeness (QED) is 0.755. The van der Waals surface area contributed by atoms with E-state index in [1.54, 1.807) is 6.07 Å². The Kier molecular flexibility index (Phi) is 3.88. The Morgan fingerprint density at radius 1 is 1.44 bits per heavy atom. The number of carbonyl (C=O) groups excluding carboxylic acids is 2. The predicted octanol–water partition coefficient (Wildman–Crippen LogP) is 1.32. The summed E-state index contributed by atoms with van der Waals surface area (Å²) in [4.78, 5) is 21.9. The molecule has 0 spiro atoms. The molecule has 0 saturated heterocycles. The van der Waals surface area contributed by atoms with Gasteiger partial charge in [-0.25, -0.2) is 0 Å². The van der Waals surface area contributed by atoms with Crippen LogP contribution in [0, 0.1) is 0 Å². The SMILES string of the molecule is COc1ccc(NC(=O)CC(C)=O)cc1O. The molecule has 0 aliphatic rings. The second-order valence-corrected chi connectivity index (χ2v) is 3.31. The molecule has 5 heteroatoms. The van der Waals surface area contributed by atoms with Crippen LogP contribution in [0.4, 0.5) is 5.69 Å². The molecule has 0 bridgehead atoms. The maximum atomic E-state index is 11.2. The van der Waals surface area contributed by atoms with Crippen molar-refractivity contribution in [1.29, 1.82) is 0 Å². The summed E-state index contributed by atoms with van der Waals surface area (Å²) in [5, 5.41) is 11.9. The van der Waals surface area contributed by atoms with Gasteiger partial charge in [-0.3, -0.25) is 9.59 Å². The van der Waals surface area contributed by atoms with Gasteiger partial charge in [0.1, 0.15) is 5.78 Å². The first-order chi connectivity index (χ1) is 7.52.